The number of halogens is 2. The lowest BCUT2D eigenvalue weighted by molar-refractivity contribution is 0.0753. The minimum atomic E-state index is -0.100. The first-order chi connectivity index (χ1) is 10.1. The normalized spacial score (nSPS) is 27.4. The summed E-state index contributed by atoms with van der Waals surface area (Å²) in [6, 6.07) is 6.60. The Labute approximate surface area is 137 Å². The smallest absolute Gasteiger partial charge is 0.128 e. The number of imidazole rings is 1. The molecule has 2 aliphatic rings. The van der Waals surface area contributed by atoms with Crippen LogP contribution in [0, 0.1) is 5.92 Å². The third-order valence-electron chi connectivity index (χ3n) is 4.56. The molecule has 3 nitrogen and oxygen atoms in total. The molecule has 0 N–H and O–H groups in total. The van der Waals surface area contributed by atoms with Crippen LogP contribution in [0.2, 0.25) is 0 Å². The molecule has 3 unspecified atom stereocenters. The lowest BCUT2D eigenvalue weighted by atomic mass is 10.1. The van der Waals surface area contributed by atoms with E-state index in [1.165, 1.54) is 12.8 Å². The third kappa shape index (κ3) is 2.41. The van der Waals surface area contributed by atoms with Gasteiger partial charge in [0, 0.05) is 11.1 Å². The van der Waals surface area contributed by atoms with Crippen LogP contribution >= 0.6 is 27.5 Å². The number of hydrogen-bond donors (Lipinski definition) is 0. The minimum Gasteiger partial charge on any atom is -0.376 e. The van der Waals surface area contributed by atoms with Crippen molar-refractivity contribution in [2.45, 2.75) is 43.7 Å². The Morgan fingerprint density at radius 2 is 2.19 bits per heavy atom. The van der Waals surface area contributed by atoms with Gasteiger partial charge in [-0.3, -0.25) is 0 Å². The highest BCUT2D eigenvalue weighted by atomic mass is 79.9. The van der Waals surface area contributed by atoms with Crippen molar-refractivity contribution in [2.75, 3.05) is 6.61 Å². The van der Waals surface area contributed by atoms with Gasteiger partial charge < -0.3 is 9.30 Å². The number of hydrogen-bond acceptors (Lipinski definition) is 2. The van der Waals surface area contributed by atoms with Gasteiger partial charge in [0.05, 0.1) is 28.6 Å². The maximum Gasteiger partial charge on any atom is 0.128 e. The van der Waals surface area contributed by atoms with E-state index in [0.29, 0.717) is 12.1 Å². The predicted octanol–water partition coefficient (Wildman–Crippen LogP) is 4.84. The Morgan fingerprint density at radius 3 is 2.90 bits per heavy atom. The molecule has 21 heavy (non-hydrogen) atoms. The summed E-state index contributed by atoms with van der Waals surface area (Å²) >= 11 is 9.98. The van der Waals surface area contributed by atoms with Gasteiger partial charge in [-0.2, -0.15) is 0 Å². The molecule has 0 spiro atoms. The summed E-state index contributed by atoms with van der Waals surface area (Å²) in [5.41, 5.74) is 2.18. The standard InChI is InChI=1S/C16H18BrClN2O/c1-9(18)16-19-12-5-4-11(17)8-14(12)20(16)13-6-7-21-15(13)10-2-3-10/h4-5,8-10,13,15H,2-3,6-7H2,1H3. The zero-order valence-corrected chi connectivity index (χ0v) is 14.3. The molecule has 0 radical (unpaired) electrons. The Kier molecular flexibility index (Phi) is 3.51. The monoisotopic (exact) mass is 368 g/mol. The number of benzene rings is 1. The molecule has 0 bridgehead atoms. The van der Waals surface area contributed by atoms with Gasteiger partial charge in [-0.15, -0.1) is 11.6 Å². The zero-order valence-electron chi connectivity index (χ0n) is 11.9. The second kappa shape index (κ2) is 5.25. The number of aromatic nitrogens is 2. The molecule has 3 atom stereocenters. The Hall–Kier alpha value is -0.580. The third-order valence-corrected chi connectivity index (χ3v) is 5.24. The van der Waals surface area contributed by atoms with Crippen LogP contribution in [-0.2, 0) is 4.74 Å². The second-order valence-corrected chi connectivity index (χ2v) is 7.69. The maximum absolute atomic E-state index is 6.41. The van der Waals surface area contributed by atoms with Crippen LogP contribution in [0.1, 0.15) is 43.4 Å². The van der Waals surface area contributed by atoms with Crippen LogP contribution in [-0.4, -0.2) is 22.3 Å². The number of nitrogens with zero attached hydrogens (tertiary/aromatic N) is 2. The van der Waals surface area contributed by atoms with E-state index in [-0.39, 0.29) is 5.38 Å². The summed E-state index contributed by atoms with van der Waals surface area (Å²) < 4.78 is 9.44. The highest BCUT2D eigenvalue weighted by Crippen LogP contribution is 2.45. The number of fused-ring (bicyclic) bond motifs is 1. The molecule has 4 rings (SSSR count). The fraction of sp³-hybridized carbons (Fsp3) is 0.562. The summed E-state index contributed by atoms with van der Waals surface area (Å²) in [5, 5.41) is -0.100. The first-order valence-electron chi connectivity index (χ1n) is 7.58. The molecule has 2 heterocycles. The molecule has 2 fully saturated rings. The van der Waals surface area contributed by atoms with Gasteiger partial charge in [0.1, 0.15) is 5.82 Å². The molecule has 2 aromatic rings. The van der Waals surface area contributed by atoms with E-state index < -0.39 is 0 Å². The summed E-state index contributed by atoms with van der Waals surface area (Å²) in [5.74, 6) is 1.69. The van der Waals surface area contributed by atoms with E-state index in [9.17, 15) is 0 Å². The van der Waals surface area contributed by atoms with Gasteiger partial charge in [-0.1, -0.05) is 15.9 Å². The van der Waals surface area contributed by atoms with E-state index in [1.807, 2.05) is 13.0 Å². The van der Waals surface area contributed by atoms with E-state index in [4.69, 9.17) is 21.3 Å². The van der Waals surface area contributed by atoms with Gasteiger partial charge >= 0.3 is 0 Å². The number of ether oxygens (including phenoxy) is 1. The van der Waals surface area contributed by atoms with Gasteiger partial charge in [0.25, 0.3) is 0 Å². The maximum atomic E-state index is 6.41. The Morgan fingerprint density at radius 1 is 1.38 bits per heavy atom. The van der Waals surface area contributed by atoms with E-state index in [2.05, 4.69) is 32.6 Å². The number of rotatable bonds is 3. The molecular weight excluding hydrogens is 352 g/mol. The number of alkyl halides is 1. The summed E-state index contributed by atoms with van der Waals surface area (Å²) in [6.45, 7) is 2.84. The fourth-order valence-electron chi connectivity index (χ4n) is 3.47. The van der Waals surface area contributed by atoms with E-state index >= 15 is 0 Å². The first-order valence-corrected chi connectivity index (χ1v) is 8.81. The van der Waals surface area contributed by atoms with Crippen LogP contribution < -0.4 is 0 Å². The van der Waals surface area contributed by atoms with Crippen molar-refractivity contribution in [1.82, 2.24) is 9.55 Å². The van der Waals surface area contributed by atoms with Crippen molar-refractivity contribution in [2.24, 2.45) is 5.92 Å². The summed E-state index contributed by atoms with van der Waals surface area (Å²) in [4.78, 5) is 4.77. The van der Waals surface area contributed by atoms with E-state index in [0.717, 1.165) is 40.3 Å². The van der Waals surface area contributed by atoms with Gasteiger partial charge in [0.15, 0.2) is 0 Å². The highest BCUT2D eigenvalue weighted by molar-refractivity contribution is 9.10. The highest BCUT2D eigenvalue weighted by Gasteiger charge is 2.42. The lowest BCUT2D eigenvalue weighted by Crippen LogP contribution is -2.23. The Balaban J connectivity index is 1.88. The van der Waals surface area contributed by atoms with Crippen molar-refractivity contribution < 1.29 is 4.74 Å². The zero-order chi connectivity index (χ0) is 14.6. The molecular formula is C16H18BrClN2O. The molecule has 1 aromatic heterocycles. The van der Waals surface area contributed by atoms with Crippen LogP contribution in [0.5, 0.6) is 0 Å². The molecule has 1 aromatic carbocycles. The lowest BCUT2D eigenvalue weighted by Gasteiger charge is -2.23. The molecule has 1 saturated carbocycles. The first kappa shape index (κ1) is 14.0. The molecule has 112 valence electrons. The van der Waals surface area contributed by atoms with E-state index in [1.54, 1.807) is 0 Å². The summed E-state index contributed by atoms with van der Waals surface area (Å²) in [6.07, 6.45) is 3.97. The Bertz CT molecular complexity index is 680. The largest absolute Gasteiger partial charge is 0.376 e. The second-order valence-electron chi connectivity index (χ2n) is 6.12. The van der Waals surface area contributed by atoms with Crippen molar-refractivity contribution in [3.63, 3.8) is 0 Å². The van der Waals surface area contributed by atoms with Crippen molar-refractivity contribution in [1.29, 1.82) is 0 Å². The SMILES string of the molecule is CC(Cl)c1nc2ccc(Br)cc2n1C1CCOC1C1CC1. The van der Waals surface area contributed by atoms with Gasteiger partial charge in [0.2, 0.25) is 0 Å². The fourth-order valence-corrected chi connectivity index (χ4v) is 3.97. The minimum absolute atomic E-state index is 0.100. The molecule has 1 saturated heterocycles. The molecule has 1 aliphatic heterocycles. The van der Waals surface area contributed by atoms with Gasteiger partial charge in [-0.25, -0.2) is 4.98 Å². The molecule has 1 aliphatic carbocycles. The van der Waals surface area contributed by atoms with Crippen LogP contribution in [0.3, 0.4) is 0 Å². The molecule has 5 heteroatoms. The van der Waals surface area contributed by atoms with Crippen molar-refractivity contribution in [3.05, 3.63) is 28.5 Å². The average molecular weight is 370 g/mol. The average Bonchev–Trinajstić information content (AvgIpc) is 3.06. The van der Waals surface area contributed by atoms with Crippen LogP contribution in [0.4, 0.5) is 0 Å². The van der Waals surface area contributed by atoms with Crippen molar-refractivity contribution in [3.8, 4) is 0 Å². The van der Waals surface area contributed by atoms with Crippen molar-refractivity contribution >= 4 is 38.6 Å². The quantitative estimate of drug-likeness (QED) is 0.724. The van der Waals surface area contributed by atoms with Crippen LogP contribution in [0.25, 0.3) is 11.0 Å². The predicted molar refractivity (Wildman–Crippen MR) is 87.8 cm³/mol. The summed E-state index contributed by atoms with van der Waals surface area (Å²) in [7, 11) is 0. The topological polar surface area (TPSA) is 27.1 Å². The molecule has 0 amide bonds. The van der Waals surface area contributed by atoms with Crippen LogP contribution in [0.15, 0.2) is 22.7 Å². The van der Waals surface area contributed by atoms with Gasteiger partial charge in [-0.05, 0) is 50.3 Å².